The number of rotatable bonds is 7. The zero-order valence-corrected chi connectivity index (χ0v) is 16.0. The third-order valence-electron chi connectivity index (χ3n) is 5.57. The van der Waals surface area contributed by atoms with Gasteiger partial charge in [0.05, 0.1) is 0 Å². The molecule has 1 fully saturated rings. The molecule has 2 aliphatic carbocycles. The second-order valence-corrected chi connectivity index (χ2v) is 8.32. The molecular formula is C19H31N3OS. The molecular weight excluding hydrogens is 318 g/mol. The first kappa shape index (κ1) is 18.0. The Bertz CT molecular complexity index is 603. The van der Waals surface area contributed by atoms with Crippen molar-refractivity contribution in [3.8, 4) is 0 Å². The van der Waals surface area contributed by atoms with Crippen LogP contribution in [0.15, 0.2) is 9.82 Å². The highest BCUT2D eigenvalue weighted by molar-refractivity contribution is 7.99. The number of thioether (sulfide) groups is 1. The van der Waals surface area contributed by atoms with Gasteiger partial charge in [-0.2, -0.15) is 4.98 Å². The Kier molecular flexibility index (Phi) is 6.39. The molecule has 4 nitrogen and oxygen atoms in total. The molecule has 0 radical (unpaired) electrons. The monoisotopic (exact) mass is 349 g/mol. The fourth-order valence-corrected chi connectivity index (χ4v) is 5.41. The number of hydrogen-bond donors (Lipinski definition) is 0. The van der Waals surface area contributed by atoms with Gasteiger partial charge in [-0.3, -0.25) is 4.57 Å². The van der Waals surface area contributed by atoms with Crippen LogP contribution in [-0.4, -0.2) is 39.3 Å². The van der Waals surface area contributed by atoms with E-state index in [1.165, 1.54) is 49.8 Å². The van der Waals surface area contributed by atoms with Crippen LogP contribution < -0.4 is 5.69 Å². The SMILES string of the molecule is CCN(CC)CCn1c2c(c(SC3CCCCC3)nc1=O)CCC2. The minimum absolute atomic E-state index is 0.0267. The first-order valence-corrected chi connectivity index (χ1v) is 10.6. The van der Waals surface area contributed by atoms with E-state index in [9.17, 15) is 4.79 Å². The van der Waals surface area contributed by atoms with Gasteiger partial charge in [-0.05, 0) is 45.2 Å². The van der Waals surface area contributed by atoms with Crippen LogP contribution in [0, 0.1) is 0 Å². The normalized spacial score (nSPS) is 18.3. The van der Waals surface area contributed by atoms with Crippen molar-refractivity contribution >= 4 is 11.8 Å². The number of aromatic nitrogens is 2. The largest absolute Gasteiger partial charge is 0.348 e. The highest BCUT2D eigenvalue weighted by atomic mass is 32.2. The van der Waals surface area contributed by atoms with Gasteiger partial charge in [-0.25, -0.2) is 4.79 Å². The lowest BCUT2D eigenvalue weighted by atomic mass is 10.0. The van der Waals surface area contributed by atoms with Crippen LogP contribution in [0.3, 0.4) is 0 Å². The fourth-order valence-electron chi connectivity index (χ4n) is 4.04. The lowest BCUT2D eigenvalue weighted by Gasteiger charge is -2.23. The van der Waals surface area contributed by atoms with E-state index in [0.29, 0.717) is 5.25 Å². The Morgan fingerprint density at radius 1 is 1.12 bits per heavy atom. The molecule has 0 aliphatic heterocycles. The number of likely N-dealkylation sites (N-methyl/N-ethyl adjacent to an activating group) is 1. The van der Waals surface area contributed by atoms with Crippen LogP contribution >= 0.6 is 11.8 Å². The highest BCUT2D eigenvalue weighted by Crippen LogP contribution is 2.36. The van der Waals surface area contributed by atoms with E-state index >= 15 is 0 Å². The summed E-state index contributed by atoms with van der Waals surface area (Å²) in [5, 5.41) is 1.72. The molecule has 0 aromatic carbocycles. The predicted octanol–water partition coefficient (Wildman–Crippen LogP) is 3.50. The Hall–Kier alpha value is -0.810. The smallest absolute Gasteiger partial charge is 0.302 e. The summed E-state index contributed by atoms with van der Waals surface area (Å²) in [6.45, 7) is 8.16. The van der Waals surface area contributed by atoms with Crippen LogP contribution in [0.5, 0.6) is 0 Å². The van der Waals surface area contributed by atoms with Gasteiger partial charge in [0.25, 0.3) is 0 Å². The van der Waals surface area contributed by atoms with Crippen molar-refractivity contribution in [3.05, 3.63) is 21.7 Å². The van der Waals surface area contributed by atoms with Crippen LogP contribution in [-0.2, 0) is 19.4 Å². The lowest BCUT2D eigenvalue weighted by Crippen LogP contribution is -2.34. The van der Waals surface area contributed by atoms with Crippen LogP contribution in [0.4, 0.5) is 0 Å². The summed E-state index contributed by atoms with van der Waals surface area (Å²) in [4.78, 5) is 19.5. The molecule has 0 spiro atoms. The van der Waals surface area contributed by atoms with Gasteiger partial charge in [-0.1, -0.05) is 33.1 Å². The second-order valence-electron chi connectivity index (χ2n) is 7.03. The minimum atomic E-state index is -0.0267. The lowest BCUT2D eigenvalue weighted by molar-refractivity contribution is 0.286. The summed E-state index contributed by atoms with van der Waals surface area (Å²) in [7, 11) is 0. The second kappa shape index (κ2) is 8.52. The Labute approximate surface area is 150 Å². The van der Waals surface area contributed by atoms with Gasteiger partial charge in [0.1, 0.15) is 5.03 Å². The molecule has 1 aromatic rings. The zero-order chi connectivity index (χ0) is 16.9. The summed E-state index contributed by atoms with van der Waals surface area (Å²) in [5.74, 6) is 0. The molecule has 1 aromatic heterocycles. The standard InChI is InChI=1S/C19H31N3OS/c1-3-21(4-2)13-14-22-17-12-8-11-16(17)18(20-19(22)23)24-15-9-6-5-7-10-15/h15H,3-14H2,1-2H3. The quantitative estimate of drug-likeness (QED) is 0.706. The number of nitrogens with zero attached hydrogens (tertiary/aromatic N) is 3. The van der Waals surface area contributed by atoms with Crippen LogP contribution in [0.1, 0.15) is 63.6 Å². The Balaban J connectivity index is 1.79. The predicted molar refractivity (Wildman–Crippen MR) is 101 cm³/mol. The van der Waals surface area contributed by atoms with Crippen molar-refractivity contribution in [2.75, 3.05) is 19.6 Å². The van der Waals surface area contributed by atoms with Crippen LogP contribution in [0.25, 0.3) is 0 Å². The summed E-state index contributed by atoms with van der Waals surface area (Å²) >= 11 is 1.89. The Morgan fingerprint density at radius 2 is 1.88 bits per heavy atom. The molecule has 0 N–H and O–H groups in total. The van der Waals surface area contributed by atoms with Gasteiger partial charge >= 0.3 is 5.69 Å². The first-order chi connectivity index (χ1) is 11.7. The fraction of sp³-hybridized carbons (Fsp3) is 0.789. The molecule has 0 unspecified atom stereocenters. The maximum absolute atomic E-state index is 12.7. The molecule has 24 heavy (non-hydrogen) atoms. The van der Waals surface area contributed by atoms with Gasteiger partial charge in [0, 0.05) is 29.6 Å². The molecule has 0 saturated heterocycles. The minimum Gasteiger partial charge on any atom is -0.302 e. The molecule has 2 aliphatic rings. The molecule has 5 heteroatoms. The molecule has 0 amide bonds. The van der Waals surface area contributed by atoms with Crippen molar-refractivity contribution in [1.29, 1.82) is 0 Å². The topological polar surface area (TPSA) is 38.1 Å². The Morgan fingerprint density at radius 3 is 2.58 bits per heavy atom. The van der Waals surface area contributed by atoms with E-state index in [1.54, 1.807) is 0 Å². The highest BCUT2D eigenvalue weighted by Gasteiger charge is 2.24. The first-order valence-electron chi connectivity index (χ1n) is 9.74. The van der Waals surface area contributed by atoms with E-state index < -0.39 is 0 Å². The third-order valence-corrected chi connectivity index (χ3v) is 6.93. The van der Waals surface area contributed by atoms with Crippen molar-refractivity contribution < 1.29 is 0 Å². The third kappa shape index (κ3) is 4.05. The zero-order valence-electron chi connectivity index (χ0n) is 15.2. The number of fused-ring (bicyclic) bond motifs is 1. The number of hydrogen-bond acceptors (Lipinski definition) is 4. The van der Waals surface area contributed by atoms with Crippen molar-refractivity contribution in [3.63, 3.8) is 0 Å². The van der Waals surface area contributed by atoms with E-state index in [0.717, 1.165) is 44.0 Å². The van der Waals surface area contributed by atoms with Gasteiger partial charge in [-0.15, -0.1) is 11.8 Å². The average molecular weight is 350 g/mol. The van der Waals surface area contributed by atoms with Crippen molar-refractivity contribution in [2.24, 2.45) is 0 Å². The van der Waals surface area contributed by atoms with E-state index in [-0.39, 0.29) is 5.69 Å². The average Bonchev–Trinajstić information content (AvgIpc) is 3.08. The summed E-state index contributed by atoms with van der Waals surface area (Å²) < 4.78 is 1.96. The maximum Gasteiger partial charge on any atom is 0.348 e. The molecule has 134 valence electrons. The summed E-state index contributed by atoms with van der Waals surface area (Å²) in [6.07, 6.45) is 9.92. The van der Waals surface area contributed by atoms with E-state index in [2.05, 4.69) is 23.7 Å². The van der Waals surface area contributed by atoms with Crippen LogP contribution in [0.2, 0.25) is 0 Å². The molecule has 1 saturated carbocycles. The van der Waals surface area contributed by atoms with Gasteiger partial charge in [0.2, 0.25) is 0 Å². The maximum atomic E-state index is 12.7. The molecule has 3 rings (SSSR count). The van der Waals surface area contributed by atoms with Crippen molar-refractivity contribution in [1.82, 2.24) is 14.5 Å². The molecule has 0 bridgehead atoms. The summed E-state index contributed by atoms with van der Waals surface area (Å²) in [5.41, 5.74) is 2.63. The molecule has 1 heterocycles. The van der Waals surface area contributed by atoms with E-state index in [1.807, 2.05) is 16.3 Å². The van der Waals surface area contributed by atoms with Gasteiger partial charge < -0.3 is 4.90 Å². The summed E-state index contributed by atoms with van der Waals surface area (Å²) in [6, 6.07) is 0. The van der Waals surface area contributed by atoms with Crippen molar-refractivity contribution in [2.45, 2.75) is 82.0 Å². The van der Waals surface area contributed by atoms with E-state index in [4.69, 9.17) is 0 Å². The molecule has 0 atom stereocenters. The van der Waals surface area contributed by atoms with Gasteiger partial charge in [0.15, 0.2) is 0 Å².